The number of hydrogen-bond acceptors (Lipinski definition) is 6. The molecule has 1 aliphatic heterocycles. The van der Waals surface area contributed by atoms with Gasteiger partial charge in [0.25, 0.3) is 0 Å². The zero-order valence-corrected chi connectivity index (χ0v) is 32.6. The normalized spacial score (nSPS) is 15.7. The third kappa shape index (κ3) is 9.90. The van der Waals surface area contributed by atoms with Crippen molar-refractivity contribution in [3.63, 3.8) is 0 Å². The number of anilines is 1. The maximum absolute atomic E-state index is 12.2. The van der Waals surface area contributed by atoms with Crippen LogP contribution in [-0.2, 0) is 26.3 Å². The van der Waals surface area contributed by atoms with Crippen molar-refractivity contribution < 1.29 is 19.1 Å². The van der Waals surface area contributed by atoms with Gasteiger partial charge in [-0.3, -0.25) is 14.6 Å². The van der Waals surface area contributed by atoms with Crippen molar-refractivity contribution in [2.24, 2.45) is 22.2 Å². The van der Waals surface area contributed by atoms with Crippen molar-refractivity contribution in [1.82, 2.24) is 0 Å². The summed E-state index contributed by atoms with van der Waals surface area (Å²) in [6.45, 7) is 18.7. The van der Waals surface area contributed by atoms with Gasteiger partial charge in [-0.2, -0.15) is 0 Å². The van der Waals surface area contributed by atoms with Crippen LogP contribution in [0.2, 0.25) is 0 Å². The highest BCUT2D eigenvalue weighted by Gasteiger charge is 2.29. The number of nitrogens with zero attached hydrogens (tertiary/aromatic N) is 2. The summed E-state index contributed by atoms with van der Waals surface area (Å²) in [4.78, 5) is 31.6. The van der Waals surface area contributed by atoms with Crippen molar-refractivity contribution in [3.8, 4) is 16.9 Å². The number of carbonyl (C=O) groups is 2. The van der Waals surface area contributed by atoms with Gasteiger partial charge >= 0.3 is 5.97 Å². The summed E-state index contributed by atoms with van der Waals surface area (Å²) in [6.07, 6.45) is 6.78. The maximum Gasteiger partial charge on any atom is 0.306 e. The molecule has 0 amide bonds. The summed E-state index contributed by atoms with van der Waals surface area (Å²) in [7, 11) is 0. The van der Waals surface area contributed by atoms with Crippen molar-refractivity contribution in [1.29, 1.82) is 0 Å². The molecule has 5 rings (SSSR count). The fourth-order valence-corrected chi connectivity index (χ4v) is 7.03. The van der Waals surface area contributed by atoms with Gasteiger partial charge in [0, 0.05) is 36.2 Å². The number of ether oxygens (including phenoxy) is 2. The second-order valence-corrected chi connectivity index (χ2v) is 16.2. The minimum Gasteiger partial charge on any atom is -0.480 e. The Bertz CT molecular complexity index is 1870. The van der Waals surface area contributed by atoms with Gasteiger partial charge in [0.1, 0.15) is 23.7 Å². The second kappa shape index (κ2) is 16.9. The molecule has 0 aromatic heterocycles. The van der Waals surface area contributed by atoms with Crippen molar-refractivity contribution in [2.45, 2.75) is 99.5 Å². The van der Waals surface area contributed by atoms with Crippen molar-refractivity contribution >= 4 is 40.1 Å². The lowest BCUT2D eigenvalue weighted by atomic mass is 9.84. The molecule has 0 saturated carbocycles. The van der Waals surface area contributed by atoms with Crippen LogP contribution in [0.4, 0.5) is 11.4 Å². The Morgan fingerprint density at radius 3 is 2.35 bits per heavy atom. The summed E-state index contributed by atoms with van der Waals surface area (Å²) in [5.41, 5.74) is 6.34. The summed E-state index contributed by atoms with van der Waals surface area (Å²) in [5, 5.41) is 2.15. The lowest BCUT2D eigenvalue weighted by Gasteiger charge is -2.31. The first-order valence-electron chi connectivity index (χ1n) is 19.2. The van der Waals surface area contributed by atoms with E-state index in [1.54, 1.807) is 0 Å². The third-order valence-electron chi connectivity index (χ3n) is 10.2. The zero-order valence-electron chi connectivity index (χ0n) is 32.6. The van der Waals surface area contributed by atoms with Gasteiger partial charge < -0.3 is 14.4 Å². The average Bonchev–Trinajstić information content (AvgIpc) is 3.14. The minimum absolute atomic E-state index is 0.0689. The van der Waals surface area contributed by atoms with Crippen molar-refractivity contribution in [3.05, 3.63) is 90.0 Å². The van der Waals surface area contributed by atoms with Crippen LogP contribution in [0.15, 0.2) is 83.9 Å². The van der Waals surface area contributed by atoms with E-state index in [0.717, 1.165) is 71.3 Å². The molecule has 1 heterocycles. The molecule has 0 fully saturated rings. The highest BCUT2D eigenvalue weighted by Crippen LogP contribution is 2.46. The summed E-state index contributed by atoms with van der Waals surface area (Å²) >= 11 is 0. The molecule has 276 valence electrons. The van der Waals surface area contributed by atoms with Crippen LogP contribution in [0.3, 0.4) is 0 Å². The molecule has 52 heavy (non-hydrogen) atoms. The van der Waals surface area contributed by atoms with Gasteiger partial charge in [0.15, 0.2) is 5.75 Å². The maximum atomic E-state index is 12.2. The van der Waals surface area contributed by atoms with E-state index in [9.17, 15) is 9.59 Å². The van der Waals surface area contributed by atoms with Crippen LogP contribution in [-0.4, -0.2) is 37.7 Å². The fraction of sp³-hybridized carbons (Fsp3) is 0.457. The van der Waals surface area contributed by atoms with E-state index < -0.39 is 5.60 Å². The third-order valence-corrected chi connectivity index (χ3v) is 10.2. The van der Waals surface area contributed by atoms with Gasteiger partial charge in [0.05, 0.1) is 13.0 Å². The molecule has 0 radical (unpaired) electrons. The Kier molecular flexibility index (Phi) is 12.6. The summed E-state index contributed by atoms with van der Waals surface area (Å²) in [5.74, 6) is 0.843. The molecule has 6 nitrogen and oxygen atoms in total. The van der Waals surface area contributed by atoms with E-state index in [0.29, 0.717) is 12.5 Å². The molecule has 0 saturated heterocycles. The van der Waals surface area contributed by atoms with Gasteiger partial charge in [-0.1, -0.05) is 95.3 Å². The molecule has 4 aromatic carbocycles. The van der Waals surface area contributed by atoms with E-state index in [4.69, 9.17) is 14.5 Å². The molecule has 0 aliphatic carbocycles. The van der Waals surface area contributed by atoms with E-state index in [1.165, 1.54) is 11.1 Å². The Morgan fingerprint density at radius 2 is 1.65 bits per heavy atom. The largest absolute Gasteiger partial charge is 0.480 e. The number of Topliss-reactive ketones (excluding diaryl/α,β-unsaturated/α-hetero) is 1. The van der Waals surface area contributed by atoms with Gasteiger partial charge in [-0.25, -0.2) is 0 Å². The standard InChI is InChI=1S/C46H58N2O4/c1-9-48(28-29-51-43(50)25-24-42(49)32(2)3)36-22-20-34(21-23-36)39-30-41-44(38-16-12-11-15-37(38)39)52-46(7,8)40-17-13-10-14-35(40)19-18-33(31-47-41)26-27-45(4,5)6/h10-17,20-23,30-33H,9,18-19,24-29H2,1-8H3. The first kappa shape index (κ1) is 38.8. The molecule has 1 atom stereocenters. The lowest BCUT2D eigenvalue weighted by molar-refractivity contribution is -0.144. The van der Waals surface area contributed by atoms with Crippen LogP contribution in [0, 0.1) is 17.3 Å². The Balaban J connectivity index is 1.46. The number of carbonyl (C=O) groups excluding carboxylic acids is 2. The number of esters is 1. The monoisotopic (exact) mass is 702 g/mol. The molecule has 0 bridgehead atoms. The van der Waals surface area contributed by atoms with Crippen molar-refractivity contribution in [2.75, 3.05) is 24.6 Å². The smallest absolute Gasteiger partial charge is 0.306 e. The predicted octanol–water partition coefficient (Wildman–Crippen LogP) is 11.3. The SMILES string of the molecule is CCN(CCOC(=O)CCC(=O)C(C)C)c1ccc(-c2cc3c(c4ccccc24)OC(C)(C)c2ccccc2CCC(CCC(C)(C)C)C=N3)cc1. The number of rotatable bonds is 12. The van der Waals surface area contributed by atoms with Crippen LogP contribution in [0.1, 0.15) is 98.6 Å². The van der Waals surface area contributed by atoms with E-state index in [1.807, 2.05) is 13.8 Å². The summed E-state index contributed by atoms with van der Waals surface area (Å²) < 4.78 is 12.6. The molecule has 6 heteroatoms. The Labute approximate surface area is 311 Å². The number of benzene rings is 4. The Hall–Kier alpha value is -4.45. The van der Waals surface area contributed by atoms with E-state index in [-0.39, 0.29) is 42.5 Å². The van der Waals surface area contributed by atoms with Gasteiger partial charge in [-0.15, -0.1) is 0 Å². The zero-order chi connectivity index (χ0) is 37.5. The van der Waals surface area contributed by atoms with E-state index >= 15 is 0 Å². The van der Waals surface area contributed by atoms with Crippen LogP contribution in [0.5, 0.6) is 5.75 Å². The van der Waals surface area contributed by atoms with E-state index in [2.05, 4.69) is 132 Å². The van der Waals surface area contributed by atoms with Crippen LogP contribution in [0.25, 0.3) is 21.9 Å². The summed E-state index contributed by atoms with van der Waals surface area (Å²) in [6, 6.07) is 28.0. The van der Waals surface area contributed by atoms with Gasteiger partial charge in [0.2, 0.25) is 0 Å². The Morgan fingerprint density at radius 1 is 0.962 bits per heavy atom. The number of fused-ring (bicyclic) bond motifs is 4. The highest BCUT2D eigenvalue weighted by molar-refractivity contribution is 6.04. The molecule has 0 spiro atoms. The first-order valence-corrected chi connectivity index (χ1v) is 19.2. The highest BCUT2D eigenvalue weighted by atomic mass is 16.5. The molecule has 1 unspecified atom stereocenters. The average molecular weight is 703 g/mol. The topological polar surface area (TPSA) is 68.2 Å². The van der Waals surface area contributed by atoms with Crippen LogP contribution >= 0.6 is 0 Å². The number of hydrogen-bond donors (Lipinski definition) is 0. The molecule has 4 aromatic rings. The number of ketones is 1. The molecular weight excluding hydrogens is 645 g/mol. The molecular formula is C46H58N2O4. The van der Waals surface area contributed by atoms with Crippen LogP contribution < -0.4 is 9.64 Å². The quantitative estimate of drug-likeness (QED) is 0.137. The number of likely N-dealkylation sites (N-methyl/N-ethyl adjacent to an activating group) is 1. The lowest BCUT2D eigenvalue weighted by Crippen LogP contribution is -2.28. The van der Waals surface area contributed by atoms with Gasteiger partial charge in [-0.05, 0) is 104 Å². The number of aryl methyl sites for hydroxylation is 1. The fourth-order valence-electron chi connectivity index (χ4n) is 7.03. The minimum atomic E-state index is -0.568. The molecule has 0 N–H and O–H groups in total. The molecule has 1 aliphatic rings. The number of aliphatic imine (C=N–C) groups is 1. The predicted molar refractivity (Wildman–Crippen MR) is 216 cm³/mol. The second-order valence-electron chi connectivity index (χ2n) is 16.2. The first-order chi connectivity index (χ1) is 24.8.